The van der Waals surface area contributed by atoms with Crippen LogP contribution in [0.25, 0.3) is 0 Å². The fraction of sp³-hybridized carbons (Fsp3) is 0.824. The zero-order chi connectivity index (χ0) is 17.9. The van der Waals surface area contributed by atoms with E-state index in [0.717, 1.165) is 25.7 Å². The van der Waals surface area contributed by atoms with Crippen molar-refractivity contribution in [3.05, 3.63) is 0 Å². The van der Waals surface area contributed by atoms with E-state index in [1.54, 1.807) is 25.7 Å². The fourth-order valence-corrected chi connectivity index (χ4v) is 3.48. The van der Waals surface area contributed by atoms with Crippen LogP contribution in [0.3, 0.4) is 0 Å². The van der Waals surface area contributed by atoms with Crippen LogP contribution in [-0.2, 0) is 19.1 Å². The highest BCUT2D eigenvalue weighted by atomic mass is 16.6. The number of hydrogen-bond acceptors (Lipinski definition) is 5. The van der Waals surface area contributed by atoms with Crippen molar-refractivity contribution in [3.8, 4) is 0 Å². The van der Waals surface area contributed by atoms with Crippen LogP contribution in [0.4, 0.5) is 4.79 Å². The number of esters is 1. The lowest BCUT2D eigenvalue weighted by molar-refractivity contribution is -0.153. The van der Waals surface area contributed by atoms with Crippen molar-refractivity contribution in [2.24, 2.45) is 0 Å². The molecule has 3 atom stereocenters. The number of methoxy groups -OCH3 is 1. The summed E-state index contributed by atoms with van der Waals surface area (Å²) in [6.45, 7) is 5.32. The quantitative estimate of drug-likeness (QED) is 0.777. The molecule has 2 heterocycles. The maximum atomic E-state index is 13.0. The molecule has 7 nitrogen and oxygen atoms in total. The molecule has 2 amide bonds. The summed E-state index contributed by atoms with van der Waals surface area (Å²) >= 11 is 0. The zero-order valence-electron chi connectivity index (χ0n) is 15.0. The van der Waals surface area contributed by atoms with Crippen molar-refractivity contribution in [1.82, 2.24) is 10.2 Å². The van der Waals surface area contributed by atoms with Crippen LogP contribution in [0.2, 0.25) is 0 Å². The summed E-state index contributed by atoms with van der Waals surface area (Å²) in [5, 5.41) is 2.68. The van der Waals surface area contributed by atoms with E-state index in [2.05, 4.69) is 5.32 Å². The lowest BCUT2D eigenvalue weighted by atomic mass is 9.99. The Morgan fingerprint density at radius 2 is 1.79 bits per heavy atom. The first-order chi connectivity index (χ1) is 11.2. The van der Waals surface area contributed by atoms with Gasteiger partial charge in [0.25, 0.3) is 0 Å². The Hall–Kier alpha value is -1.79. The van der Waals surface area contributed by atoms with E-state index in [1.165, 1.54) is 7.11 Å². The number of rotatable bonds is 2. The molecule has 136 valence electrons. The Bertz CT molecular complexity index is 500. The molecule has 2 aliphatic rings. The molecule has 0 aromatic heterocycles. The molecular formula is C17H28N2O5. The number of fused-ring (bicyclic) bond motifs is 1. The number of carbonyl (C=O) groups is 3. The van der Waals surface area contributed by atoms with E-state index in [-0.39, 0.29) is 17.9 Å². The Labute approximate surface area is 143 Å². The molecule has 0 aromatic rings. The number of alkyl carbamates (subject to hydrolysis) is 1. The summed E-state index contributed by atoms with van der Waals surface area (Å²) in [4.78, 5) is 38.6. The van der Waals surface area contributed by atoms with Gasteiger partial charge in [-0.25, -0.2) is 9.59 Å². The summed E-state index contributed by atoms with van der Waals surface area (Å²) in [5.74, 6) is -0.596. The lowest BCUT2D eigenvalue weighted by Crippen LogP contribution is -2.55. The minimum atomic E-state index is -0.659. The molecule has 2 fully saturated rings. The maximum absolute atomic E-state index is 13.0. The highest BCUT2D eigenvalue weighted by molar-refractivity contribution is 5.90. The third-order valence-electron chi connectivity index (χ3n) is 4.50. The number of nitrogens with one attached hydrogen (secondary N) is 1. The van der Waals surface area contributed by atoms with Crippen molar-refractivity contribution in [2.45, 2.75) is 83.0 Å². The van der Waals surface area contributed by atoms with Crippen molar-refractivity contribution in [3.63, 3.8) is 0 Å². The van der Waals surface area contributed by atoms with Gasteiger partial charge < -0.3 is 19.7 Å². The average molecular weight is 340 g/mol. The summed E-state index contributed by atoms with van der Waals surface area (Å²) in [5.41, 5.74) is -0.626. The molecule has 0 unspecified atom stereocenters. The van der Waals surface area contributed by atoms with E-state index in [9.17, 15) is 14.4 Å². The molecule has 7 heteroatoms. The van der Waals surface area contributed by atoms with Crippen LogP contribution in [0.5, 0.6) is 0 Å². The van der Waals surface area contributed by atoms with Crippen LogP contribution >= 0.6 is 0 Å². The number of nitrogens with zero attached hydrogens (tertiary/aromatic N) is 1. The Morgan fingerprint density at radius 1 is 1.12 bits per heavy atom. The molecule has 2 saturated heterocycles. The van der Waals surface area contributed by atoms with E-state index >= 15 is 0 Å². The largest absolute Gasteiger partial charge is 0.467 e. The van der Waals surface area contributed by atoms with Crippen LogP contribution in [-0.4, -0.2) is 53.7 Å². The second-order valence-electron chi connectivity index (χ2n) is 7.50. The molecule has 0 aromatic carbocycles. The van der Waals surface area contributed by atoms with E-state index < -0.39 is 23.8 Å². The highest BCUT2D eigenvalue weighted by Gasteiger charge is 2.44. The first kappa shape index (κ1) is 18.5. The van der Waals surface area contributed by atoms with E-state index in [1.807, 2.05) is 0 Å². The second-order valence-corrected chi connectivity index (χ2v) is 7.50. The van der Waals surface area contributed by atoms with Gasteiger partial charge in [0.1, 0.15) is 17.7 Å². The molecule has 24 heavy (non-hydrogen) atoms. The van der Waals surface area contributed by atoms with Crippen molar-refractivity contribution >= 4 is 18.0 Å². The maximum Gasteiger partial charge on any atom is 0.408 e. The minimum absolute atomic E-state index is 0.0461. The zero-order valence-corrected chi connectivity index (χ0v) is 15.0. The predicted molar refractivity (Wildman–Crippen MR) is 87.3 cm³/mol. The van der Waals surface area contributed by atoms with Gasteiger partial charge in [0.2, 0.25) is 5.91 Å². The number of ether oxygens (including phenoxy) is 2. The Balaban J connectivity index is 2.12. The predicted octanol–water partition coefficient (Wildman–Crippen LogP) is 1.99. The first-order valence-electron chi connectivity index (χ1n) is 8.62. The van der Waals surface area contributed by atoms with Gasteiger partial charge in [-0.15, -0.1) is 0 Å². The van der Waals surface area contributed by atoms with Gasteiger partial charge in [-0.2, -0.15) is 0 Å². The Morgan fingerprint density at radius 3 is 2.42 bits per heavy atom. The molecule has 0 spiro atoms. The standard InChI is InChI=1S/C17H28N2O5/c1-17(2,3)24-16(22)18-12-8-6-5-7-11-9-10-13(15(21)23-4)19(11)14(12)20/h11-13H,5-10H2,1-4H3,(H,18,22)/t11-,12-,13-/m0/s1. The second kappa shape index (κ2) is 7.40. The SMILES string of the molecule is COC(=O)[C@@H]1CC[C@@H]2CCCC[C@H](NC(=O)OC(C)(C)C)C(=O)N21. The molecular weight excluding hydrogens is 312 g/mol. The van der Waals surface area contributed by atoms with Crippen molar-refractivity contribution < 1.29 is 23.9 Å². The first-order valence-corrected chi connectivity index (χ1v) is 8.62. The number of carbonyl (C=O) groups excluding carboxylic acids is 3. The monoisotopic (exact) mass is 340 g/mol. The molecule has 2 rings (SSSR count). The van der Waals surface area contributed by atoms with Crippen LogP contribution in [0.15, 0.2) is 0 Å². The third-order valence-corrected chi connectivity index (χ3v) is 4.50. The molecule has 0 radical (unpaired) electrons. The van der Waals surface area contributed by atoms with Gasteiger partial charge in [-0.1, -0.05) is 12.8 Å². The van der Waals surface area contributed by atoms with Gasteiger partial charge in [0, 0.05) is 6.04 Å². The van der Waals surface area contributed by atoms with Gasteiger partial charge >= 0.3 is 12.1 Å². The van der Waals surface area contributed by atoms with Crippen LogP contribution in [0, 0.1) is 0 Å². The van der Waals surface area contributed by atoms with Crippen molar-refractivity contribution in [2.75, 3.05) is 7.11 Å². The molecule has 0 saturated carbocycles. The highest BCUT2D eigenvalue weighted by Crippen LogP contribution is 2.31. The van der Waals surface area contributed by atoms with Gasteiger partial charge in [-0.3, -0.25) is 4.79 Å². The fourth-order valence-electron chi connectivity index (χ4n) is 3.48. The van der Waals surface area contributed by atoms with Crippen LogP contribution in [0.1, 0.15) is 59.3 Å². The summed E-state index contributed by atoms with van der Waals surface area (Å²) in [7, 11) is 1.33. The number of amides is 2. The average Bonchev–Trinajstić information content (AvgIpc) is 2.88. The topological polar surface area (TPSA) is 84.9 Å². The van der Waals surface area contributed by atoms with Crippen LogP contribution < -0.4 is 5.32 Å². The summed E-state index contributed by atoms with van der Waals surface area (Å²) in [6, 6.07) is -1.16. The van der Waals surface area contributed by atoms with Gasteiger partial charge in [-0.05, 0) is 46.5 Å². The summed E-state index contributed by atoms with van der Waals surface area (Å²) in [6.07, 6.45) is 4.07. The Kier molecular flexibility index (Phi) is 5.72. The van der Waals surface area contributed by atoms with Crippen molar-refractivity contribution in [1.29, 1.82) is 0 Å². The number of hydrogen-bond donors (Lipinski definition) is 1. The third kappa shape index (κ3) is 4.39. The molecule has 2 aliphatic heterocycles. The lowest BCUT2D eigenvalue weighted by Gasteiger charge is -2.34. The van der Waals surface area contributed by atoms with Gasteiger partial charge in [0.05, 0.1) is 7.11 Å². The molecule has 0 bridgehead atoms. The smallest absolute Gasteiger partial charge is 0.408 e. The molecule has 0 aliphatic carbocycles. The minimum Gasteiger partial charge on any atom is -0.467 e. The van der Waals surface area contributed by atoms with E-state index in [4.69, 9.17) is 9.47 Å². The molecule has 1 N–H and O–H groups in total. The normalized spacial score (nSPS) is 27.8. The summed E-state index contributed by atoms with van der Waals surface area (Å²) < 4.78 is 10.1. The van der Waals surface area contributed by atoms with Gasteiger partial charge in [0.15, 0.2) is 0 Å². The van der Waals surface area contributed by atoms with E-state index in [0.29, 0.717) is 12.8 Å².